The van der Waals surface area contributed by atoms with Gasteiger partial charge in [-0.05, 0) is 57.1 Å². The maximum absolute atomic E-state index is 5.88. The first kappa shape index (κ1) is 13.6. The Morgan fingerprint density at radius 2 is 1.95 bits per heavy atom. The molecule has 1 N–H and O–H groups in total. The highest BCUT2D eigenvalue weighted by Gasteiger charge is 2.06. The number of nitrogens with zero attached hydrogens (tertiary/aromatic N) is 1. The van der Waals surface area contributed by atoms with Crippen LogP contribution in [0.5, 0.6) is 11.5 Å². The van der Waals surface area contributed by atoms with E-state index in [-0.39, 0.29) is 6.04 Å². The maximum atomic E-state index is 5.88. The Balaban J connectivity index is 2.17. The van der Waals surface area contributed by atoms with Crippen LogP contribution in [0.4, 0.5) is 0 Å². The fraction of sp³-hybridized carbons (Fsp3) is 0.312. The summed E-state index contributed by atoms with van der Waals surface area (Å²) in [7, 11) is 1.92. The van der Waals surface area contributed by atoms with Crippen molar-refractivity contribution < 1.29 is 4.74 Å². The normalized spacial score (nSPS) is 12.2. The molecule has 100 valence electrons. The standard InChI is InChI=1S/C16H20N2O/c1-11-5-6-12(2)16(9-11)19-14-7-8-15(18-10-14)13(3)17-4/h5-10,13,17H,1-4H3. The summed E-state index contributed by atoms with van der Waals surface area (Å²) in [6.45, 7) is 6.18. The van der Waals surface area contributed by atoms with E-state index in [1.54, 1.807) is 6.20 Å². The van der Waals surface area contributed by atoms with Crippen LogP contribution >= 0.6 is 0 Å². The third kappa shape index (κ3) is 3.32. The van der Waals surface area contributed by atoms with Gasteiger partial charge in [-0.3, -0.25) is 4.98 Å². The van der Waals surface area contributed by atoms with Gasteiger partial charge in [0.05, 0.1) is 11.9 Å². The number of hydrogen-bond donors (Lipinski definition) is 1. The molecule has 0 fully saturated rings. The highest BCUT2D eigenvalue weighted by Crippen LogP contribution is 2.26. The van der Waals surface area contributed by atoms with E-state index < -0.39 is 0 Å². The largest absolute Gasteiger partial charge is 0.455 e. The fourth-order valence-corrected chi connectivity index (χ4v) is 1.80. The van der Waals surface area contributed by atoms with Gasteiger partial charge < -0.3 is 10.1 Å². The highest BCUT2D eigenvalue weighted by atomic mass is 16.5. The van der Waals surface area contributed by atoms with Crippen LogP contribution in [0.25, 0.3) is 0 Å². The van der Waals surface area contributed by atoms with Gasteiger partial charge in [0.25, 0.3) is 0 Å². The summed E-state index contributed by atoms with van der Waals surface area (Å²) >= 11 is 0. The molecule has 19 heavy (non-hydrogen) atoms. The second-order valence-corrected chi connectivity index (χ2v) is 4.80. The summed E-state index contributed by atoms with van der Waals surface area (Å²) in [6.07, 6.45) is 1.77. The molecular formula is C16H20N2O. The van der Waals surface area contributed by atoms with Crippen LogP contribution in [0.1, 0.15) is 29.8 Å². The molecule has 1 heterocycles. The molecule has 3 heteroatoms. The first-order chi connectivity index (χ1) is 9.10. The molecular weight excluding hydrogens is 236 g/mol. The van der Waals surface area contributed by atoms with Gasteiger partial charge in [-0.1, -0.05) is 12.1 Å². The van der Waals surface area contributed by atoms with Gasteiger partial charge in [-0.2, -0.15) is 0 Å². The predicted octanol–water partition coefficient (Wildman–Crippen LogP) is 3.77. The van der Waals surface area contributed by atoms with Crippen LogP contribution in [0.15, 0.2) is 36.5 Å². The lowest BCUT2D eigenvalue weighted by Gasteiger charge is -2.12. The molecule has 0 aliphatic rings. The summed E-state index contributed by atoms with van der Waals surface area (Å²) in [6, 6.07) is 10.4. The third-order valence-electron chi connectivity index (χ3n) is 3.21. The summed E-state index contributed by atoms with van der Waals surface area (Å²) in [4.78, 5) is 4.41. The predicted molar refractivity (Wildman–Crippen MR) is 77.7 cm³/mol. The van der Waals surface area contributed by atoms with Gasteiger partial charge in [0.15, 0.2) is 0 Å². The molecule has 2 rings (SSSR count). The molecule has 0 aliphatic heterocycles. The van der Waals surface area contributed by atoms with Crippen molar-refractivity contribution >= 4 is 0 Å². The van der Waals surface area contributed by atoms with Gasteiger partial charge in [-0.25, -0.2) is 0 Å². The van der Waals surface area contributed by atoms with E-state index in [1.807, 2.05) is 32.2 Å². The van der Waals surface area contributed by atoms with E-state index in [1.165, 1.54) is 5.56 Å². The van der Waals surface area contributed by atoms with Crippen LogP contribution in [0.3, 0.4) is 0 Å². The number of benzene rings is 1. The van der Waals surface area contributed by atoms with Crippen LogP contribution in [-0.2, 0) is 0 Å². The number of pyridine rings is 1. The molecule has 0 aliphatic carbocycles. The highest BCUT2D eigenvalue weighted by molar-refractivity contribution is 5.39. The number of ether oxygens (including phenoxy) is 1. The zero-order valence-corrected chi connectivity index (χ0v) is 11.9. The van der Waals surface area contributed by atoms with Gasteiger partial charge in [-0.15, -0.1) is 0 Å². The Kier molecular flexibility index (Phi) is 4.17. The SMILES string of the molecule is CNC(C)c1ccc(Oc2cc(C)ccc2C)cn1. The van der Waals surface area contributed by atoms with Crippen LogP contribution in [0, 0.1) is 13.8 Å². The van der Waals surface area contributed by atoms with Gasteiger partial charge in [0.2, 0.25) is 0 Å². The van der Waals surface area contributed by atoms with Crippen molar-refractivity contribution in [3.8, 4) is 11.5 Å². The lowest BCUT2D eigenvalue weighted by molar-refractivity contribution is 0.474. The van der Waals surface area contributed by atoms with Crippen molar-refractivity contribution in [2.45, 2.75) is 26.8 Å². The van der Waals surface area contributed by atoms with Crippen LogP contribution < -0.4 is 10.1 Å². The van der Waals surface area contributed by atoms with E-state index >= 15 is 0 Å². The number of aromatic nitrogens is 1. The quantitative estimate of drug-likeness (QED) is 0.904. The maximum Gasteiger partial charge on any atom is 0.145 e. The number of rotatable bonds is 4. The number of aryl methyl sites for hydroxylation is 2. The lowest BCUT2D eigenvalue weighted by Crippen LogP contribution is -2.13. The van der Waals surface area contributed by atoms with E-state index in [9.17, 15) is 0 Å². The zero-order chi connectivity index (χ0) is 13.8. The molecule has 0 saturated carbocycles. The first-order valence-corrected chi connectivity index (χ1v) is 6.48. The third-order valence-corrected chi connectivity index (χ3v) is 3.21. The Bertz CT molecular complexity index is 549. The molecule has 1 aromatic heterocycles. The molecule has 0 radical (unpaired) electrons. The molecule has 1 atom stereocenters. The van der Waals surface area contributed by atoms with Crippen LogP contribution in [-0.4, -0.2) is 12.0 Å². The van der Waals surface area contributed by atoms with E-state index in [0.717, 1.165) is 22.8 Å². The van der Waals surface area contributed by atoms with Gasteiger partial charge in [0.1, 0.15) is 11.5 Å². The molecule has 0 bridgehead atoms. The first-order valence-electron chi connectivity index (χ1n) is 6.48. The number of hydrogen-bond acceptors (Lipinski definition) is 3. The van der Waals surface area contributed by atoms with Crippen molar-refractivity contribution in [1.29, 1.82) is 0 Å². The second kappa shape index (κ2) is 5.85. The fourth-order valence-electron chi connectivity index (χ4n) is 1.80. The van der Waals surface area contributed by atoms with Crippen molar-refractivity contribution in [1.82, 2.24) is 10.3 Å². The summed E-state index contributed by atoms with van der Waals surface area (Å²) in [5.74, 6) is 1.65. The molecule has 3 nitrogen and oxygen atoms in total. The monoisotopic (exact) mass is 256 g/mol. The Hall–Kier alpha value is -1.87. The van der Waals surface area contributed by atoms with Crippen molar-refractivity contribution in [3.05, 3.63) is 53.3 Å². The summed E-state index contributed by atoms with van der Waals surface area (Å²) < 4.78 is 5.88. The van der Waals surface area contributed by atoms with Gasteiger partial charge >= 0.3 is 0 Å². The Morgan fingerprint density at radius 3 is 2.58 bits per heavy atom. The zero-order valence-electron chi connectivity index (χ0n) is 11.9. The van der Waals surface area contributed by atoms with E-state index in [0.29, 0.717) is 0 Å². The molecule has 1 unspecified atom stereocenters. The van der Waals surface area contributed by atoms with Gasteiger partial charge in [0, 0.05) is 6.04 Å². The second-order valence-electron chi connectivity index (χ2n) is 4.80. The summed E-state index contributed by atoms with van der Waals surface area (Å²) in [5, 5.41) is 3.16. The van der Waals surface area contributed by atoms with Crippen LogP contribution in [0.2, 0.25) is 0 Å². The van der Waals surface area contributed by atoms with Crippen molar-refractivity contribution in [2.24, 2.45) is 0 Å². The average Bonchev–Trinajstić information content (AvgIpc) is 2.43. The Labute approximate surface area is 114 Å². The smallest absolute Gasteiger partial charge is 0.145 e. The molecule has 0 amide bonds. The molecule has 1 aromatic carbocycles. The molecule has 0 spiro atoms. The van der Waals surface area contributed by atoms with Crippen molar-refractivity contribution in [2.75, 3.05) is 7.05 Å². The summed E-state index contributed by atoms with van der Waals surface area (Å²) in [5.41, 5.74) is 3.32. The van der Waals surface area contributed by atoms with Crippen molar-refractivity contribution in [3.63, 3.8) is 0 Å². The minimum atomic E-state index is 0.245. The Morgan fingerprint density at radius 1 is 1.16 bits per heavy atom. The molecule has 0 saturated heterocycles. The number of nitrogens with one attached hydrogen (secondary N) is 1. The minimum Gasteiger partial charge on any atom is -0.455 e. The molecule has 2 aromatic rings. The topological polar surface area (TPSA) is 34.1 Å². The lowest BCUT2D eigenvalue weighted by atomic mass is 10.1. The minimum absolute atomic E-state index is 0.245. The van der Waals surface area contributed by atoms with E-state index in [4.69, 9.17) is 4.74 Å². The average molecular weight is 256 g/mol. The van der Waals surface area contributed by atoms with E-state index in [2.05, 4.69) is 36.3 Å².